The molecule has 1 aromatic rings. The molecule has 0 saturated carbocycles. The number of hydrogen-bond acceptors (Lipinski definition) is 4. The van der Waals surface area contributed by atoms with Crippen LogP contribution in [0.2, 0.25) is 0 Å². The zero-order chi connectivity index (χ0) is 13.0. The number of hydrogen-bond donors (Lipinski definition) is 1. The van der Waals surface area contributed by atoms with Crippen LogP contribution in [0, 0.1) is 0 Å². The van der Waals surface area contributed by atoms with Gasteiger partial charge in [-0.2, -0.15) is 0 Å². The van der Waals surface area contributed by atoms with Crippen molar-refractivity contribution in [1.82, 2.24) is 5.32 Å². The molecule has 0 aromatic heterocycles. The van der Waals surface area contributed by atoms with Gasteiger partial charge in [0.05, 0.1) is 12.6 Å². The van der Waals surface area contributed by atoms with Gasteiger partial charge in [0.25, 0.3) is 5.91 Å². The molecular formula is C13H15NO3S. The van der Waals surface area contributed by atoms with Crippen LogP contribution in [0.1, 0.15) is 23.7 Å². The molecule has 1 aliphatic rings. The Balaban J connectivity index is 1.98. The summed E-state index contributed by atoms with van der Waals surface area (Å²) in [7, 11) is 0. The molecule has 1 amide bonds. The van der Waals surface area contributed by atoms with Gasteiger partial charge in [0, 0.05) is 11.3 Å². The highest BCUT2D eigenvalue weighted by Gasteiger charge is 2.26. The fraction of sp³-hybridized carbons (Fsp3) is 0.385. The first-order chi connectivity index (χ1) is 8.70. The molecule has 0 aliphatic carbocycles. The van der Waals surface area contributed by atoms with E-state index in [2.05, 4.69) is 5.32 Å². The minimum absolute atomic E-state index is 0.0503. The van der Waals surface area contributed by atoms with Gasteiger partial charge in [0.1, 0.15) is 5.75 Å². The van der Waals surface area contributed by atoms with Crippen LogP contribution in [0.5, 0.6) is 5.75 Å². The summed E-state index contributed by atoms with van der Waals surface area (Å²) in [6.45, 7) is 2.50. The SMILES string of the molecule is CCOc1ccc(C(=O)NC2CCSC2=O)cc1. The highest BCUT2D eigenvalue weighted by Crippen LogP contribution is 2.20. The third-order valence-corrected chi connectivity index (χ3v) is 3.68. The molecule has 1 atom stereocenters. The van der Waals surface area contributed by atoms with Crippen LogP contribution in [0.25, 0.3) is 0 Å². The Hall–Kier alpha value is -1.49. The summed E-state index contributed by atoms with van der Waals surface area (Å²) in [5, 5.41) is 2.80. The van der Waals surface area contributed by atoms with Crippen molar-refractivity contribution in [2.45, 2.75) is 19.4 Å². The summed E-state index contributed by atoms with van der Waals surface area (Å²) >= 11 is 1.28. The van der Waals surface area contributed by atoms with Gasteiger partial charge in [-0.3, -0.25) is 9.59 Å². The van der Waals surface area contributed by atoms with Crippen molar-refractivity contribution in [3.8, 4) is 5.75 Å². The normalized spacial score (nSPS) is 18.7. The van der Waals surface area contributed by atoms with Crippen molar-refractivity contribution < 1.29 is 14.3 Å². The fourth-order valence-corrected chi connectivity index (χ4v) is 2.67. The average Bonchev–Trinajstić information content (AvgIpc) is 2.76. The molecule has 0 spiro atoms. The second-order valence-electron chi connectivity index (χ2n) is 3.94. The maximum Gasteiger partial charge on any atom is 0.251 e. The Labute approximate surface area is 110 Å². The quantitative estimate of drug-likeness (QED) is 0.902. The maximum absolute atomic E-state index is 11.9. The van der Waals surface area contributed by atoms with Crippen molar-refractivity contribution in [3.63, 3.8) is 0 Å². The van der Waals surface area contributed by atoms with E-state index in [-0.39, 0.29) is 17.1 Å². The average molecular weight is 265 g/mol. The molecule has 0 radical (unpaired) electrons. The van der Waals surface area contributed by atoms with Crippen LogP contribution in [0.4, 0.5) is 0 Å². The fourth-order valence-electron chi connectivity index (χ4n) is 1.74. The summed E-state index contributed by atoms with van der Waals surface area (Å²) in [5.74, 6) is 1.31. The molecule has 5 heteroatoms. The Morgan fingerprint density at radius 3 is 2.72 bits per heavy atom. The Kier molecular flexibility index (Phi) is 4.25. The highest BCUT2D eigenvalue weighted by molar-refractivity contribution is 8.14. The van der Waals surface area contributed by atoms with Crippen molar-refractivity contribution in [2.75, 3.05) is 12.4 Å². The first-order valence-electron chi connectivity index (χ1n) is 5.91. The molecule has 1 aliphatic heterocycles. The molecule has 1 fully saturated rings. The molecular weight excluding hydrogens is 250 g/mol. The van der Waals surface area contributed by atoms with E-state index >= 15 is 0 Å². The van der Waals surface area contributed by atoms with Crippen molar-refractivity contribution in [3.05, 3.63) is 29.8 Å². The second kappa shape index (κ2) is 5.91. The van der Waals surface area contributed by atoms with Crippen LogP contribution in [0.3, 0.4) is 0 Å². The van der Waals surface area contributed by atoms with Gasteiger partial charge < -0.3 is 10.1 Å². The zero-order valence-electron chi connectivity index (χ0n) is 10.1. The van der Waals surface area contributed by atoms with Crippen molar-refractivity contribution in [2.24, 2.45) is 0 Å². The maximum atomic E-state index is 11.9. The van der Waals surface area contributed by atoms with Crippen LogP contribution in [-0.4, -0.2) is 29.4 Å². The number of nitrogens with one attached hydrogen (secondary N) is 1. The van der Waals surface area contributed by atoms with Gasteiger partial charge in [-0.05, 0) is 37.6 Å². The van der Waals surface area contributed by atoms with Gasteiger partial charge >= 0.3 is 0 Å². The van der Waals surface area contributed by atoms with Gasteiger partial charge in [0.15, 0.2) is 0 Å². The van der Waals surface area contributed by atoms with E-state index in [0.29, 0.717) is 18.6 Å². The highest BCUT2D eigenvalue weighted by atomic mass is 32.2. The van der Waals surface area contributed by atoms with Crippen molar-refractivity contribution >= 4 is 22.8 Å². The molecule has 2 rings (SSSR count). The molecule has 1 heterocycles. The Bertz CT molecular complexity index is 444. The van der Waals surface area contributed by atoms with E-state index in [9.17, 15) is 9.59 Å². The number of amides is 1. The predicted molar refractivity (Wildman–Crippen MR) is 70.9 cm³/mol. The summed E-state index contributed by atoms with van der Waals surface area (Å²) in [5.41, 5.74) is 0.545. The van der Waals surface area contributed by atoms with E-state index in [1.54, 1.807) is 24.3 Å². The zero-order valence-corrected chi connectivity index (χ0v) is 11.0. The van der Waals surface area contributed by atoms with Gasteiger partial charge in [-0.15, -0.1) is 0 Å². The number of carbonyl (C=O) groups is 2. The predicted octanol–water partition coefficient (Wildman–Crippen LogP) is 1.85. The largest absolute Gasteiger partial charge is 0.494 e. The van der Waals surface area contributed by atoms with Crippen LogP contribution in [-0.2, 0) is 4.79 Å². The van der Waals surface area contributed by atoms with Gasteiger partial charge in [-0.25, -0.2) is 0 Å². The first-order valence-corrected chi connectivity index (χ1v) is 6.89. The van der Waals surface area contributed by atoms with E-state index in [1.807, 2.05) is 6.92 Å². The van der Waals surface area contributed by atoms with Crippen LogP contribution < -0.4 is 10.1 Å². The molecule has 18 heavy (non-hydrogen) atoms. The van der Waals surface area contributed by atoms with Gasteiger partial charge in [0.2, 0.25) is 5.12 Å². The minimum Gasteiger partial charge on any atom is -0.494 e. The lowest BCUT2D eigenvalue weighted by Gasteiger charge is -2.10. The lowest BCUT2D eigenvalue weighted by Crippen LogP contribution is -2.37. The van der Waals surface area contributed by atoms with E-state index in [0.717, 1.165) is 11.5 Å². The van der Waals surface area contributed by atoms with Crippen LogP contribution in [0.15, 0.2) is 24.3 Å². The summed E-state index contributed by atoms with van der Waals surface area (Å²) in [6, 6.07) is 6.57. The van der Waals surface area contributed by atoms with Gasteiger partial charge in [-0.1, -0.05) is 11.8 Å². The summed E-state index contributed by atoms with van der Waals surface area (Å²) < 4.78 is 5.30. The van der Waals surface area contributed by atoms with Crippen molar-refractivity contribution in [1.29, 1.82) is 0 Å². The molecule has 1 N–H and O–H groups in total. The molecule has 1 aromatic carbocycles. The van der Waals surface area contributed by atoms with E-state index < -0.39 is 0 Å². The Morgan fingerprint density at radius 2 is 2.17 bits per heavy atom. The third kappa shape index (κ3) is 3.04. The molecule has 0 bridgehead atoms. The topological polar surface area (TPSA) is 55.4 Å². The van der Waals surface area contributed by atoms with E-state index in [4.69, 9.17) is 4.74 Å². The second-order valence-corrected chi connectivity index (χ2v) is 5.04. The number of benzene rings is 1. The number of carbonyl (C=O) groups excluding carboxylic acids is 2. The summed E-state index contributed by atoms with van der Waals surface area (Å²) in [6.07, 6.45) is 0.715. The molecule has 4 nitrogen and oxygen atoms in total. The lowest BCUT2D eigenvalue weighted by molar-refractivity contribution is -0.112. The first kappa shape index (κ1) is 13.0. The van der Waals surface area contributed by atoms with E-state index in [1.165, 1.54) is 11.8 Å². The lowest BCUT2D eigenvalue weighted by atomic mass is 10.2. The Morgan fingerprint density at radius 1 is 1.44 bits per heavy atom. The molecule has 1 saturated heterocycles. The molecule has 1 unspecified atom stereocenters. The number of thioether (sulfide) groups is 1. The monoisotopic (exact) mass is 265 g/mol. The third-order valence-electron chi connectivity index (χ3n) is 2.67. The minimum atomic E-state index is -0.339. The number of rotatable bonds is 4. The van der Waals surface area contributed by atoms with Crippen LogP contribution >= 0.6 is 11.8 Å². The standard InChI is InChI=1S/C13H15NO3S/c1-2-17-10-5-3-9(4-6-10)12(15)14-11-7-8-18-13(11)16/h3-6,11H,2,7-8H2,1H3,(H,14,15). The number of ether oxygens (including phenoxy) is 1. The smallest absolute Gasteiger partial charge is 0.251 e. The summed E-state index contributed by atoms with van der Waals surface area (Å²) in [4.78, 5) is 23.3. The molecule has 96 valence electrons.